The van der Waals surface area contributed by atoms with E-state index in [1.807, 2.05) is 0 Å². The third-order valence-electron chi connectivity index (χ3n) is 5.65. The van der Waals surface area contributed by atoms with Crippen LogP contribution in [0.5, 0.6) is 0 Å². The van der Waals surface area contributed by atoms with E-state index in [1.165, 1.54) is 40.9 Å². The minimum absolute atomic E-state index is 0.0118. The van der Waals surface area contributed by atoms with Gasteiger partial charge in [0.1, 0.15) is 23.1 Å². The molecular weight excluding hydrogens is 543 g/mol. The fourth-order valence-corrected chi connectivity index (χ4v) is 4.65. The van der Waals surface area contributed by atoms with Crippen LogP contribution in [0.25, 0.3) is 21.7 Å². The normalized spacial score (nSPS) is 11.8. The van der Waals surface area contributed by atoms with Gasteiger partial charge in [-0.25, -0.2) is 14.8 Å². The molecule has 13 nitrogen and oxygen atoms in total. The van der Waals surface area contributed by atoms with Crippen molar-refractivity contribution < 1.29 is 22.5 Å². The number of pyridine rings is 1. The molecule has 5 heterocycles. The van der Waals surface area contributed by atoms with Crippen LogP contribution in [0.1, 0.15) is 23.0 Å². The highest BCUT2D eigenvalue weighted by Gasteiger charge is 2.34. The predicted octanol–water partition coefficient (Wildman–Crippen LogP) is 2.12. The van der Waals surface area contributed by atoms with E-state index >= 15 is 0 Å². The lowest BCUT2D eigenvalue weighted by Gasteiger charge is -2.09. The third kappa shape index (κ3) is 4.95. The van der Waals surface area contributed by atoms with Crippen LogP contribution in [-0.2, 0) is 31.1 Å². The molecule has 17 heteroatoms. The summed E-state index contributed by atoms with van der Waals surface area (Å²) in [5.74, 6) is 0.0148. The van der Waals surface area contributed by atoms with Crippen molar-refractivity contribution in [3.8, 4) is 10.6 Å². The number of alkyl halides is 3. The van der Waals surface area contributed by atoms with Gasteiger partial charge in [0.15, 0.2) is 17.0 Å². The van der Waals surface area contributed by atoms with E-state index in [0.29, 0.717) is 10.6 Å². The van der Waals surface area contributed by atoms with Gasteiger partial charge in [0.2, 0.25) is 11.8 Å². The monoisotopic (exact) mass is 561 g/mol. The number of aromatic nitrogens is 8. The Labute approximate surface area is 219 Å². The van der Waals surface area contributed by atoms with Gasteiger partial charge in [0, 0.05) is 31.1 Å². The minimum Gasteiger partial charge on any atom is -0.340 e. The zero-order chi connectivity index (χ0) is 28.1. The maximum absolute atomic E-state index is 13.2. The van der Waals surface area contributed by atoms with Crippen molar-refractivity contribution in [2.45, 2.75) is 33.1 Å². The maximum Gasteiger partial charge on any atom is 0.433 e. The van der Waals surface area contributed by atoms with Crippen molar-refractivity contribution in [1.29, 1.82) is 0 Å². The van der Waals surface area contributed by atoms with E-state index in [-0.39, 0.29) is 47.3 Å². The number of anilines is 1. The lowest BCUT2D eigenvalue weighted by molar-refractivity contribution is -0.141. The van der Waals surface area contributed by atoms with Gasteiger partial charge < -0.3 is 14.4 Å². The lowest BCUT2D eigenvalue weighted by Crippen LogP contribution is -2.40. The smallest absolute Gasteiger partial charge is 0.340 e. The number of hydrogen-bond acceptors (Lipinski definition) is 10. The van der Waals surface area contributed by atoms with Gasteiger partial charge in [-0.05, 0) is 18.6 Å². The van der Waals surface area contributed by atoms with Gasteiger partial charge in [-0.3, -0.25) is 23.7 Å². The average Bonchev–Trinajstić information content (AvgIpc) is 3.60. The van der Waals surface area contributed by atoms with Crippen LogP contribution >= 0.6 is 11.3 Å². The van der Waals surface area contributed by atoms with Gasteiger partial charge in [0.25, 0.3) is 5.56 Å². The topological polar surface area (TPSA) is 156 Å². The van der Waals surface area contributed by atoms with Crippen molar-refractivity contribution in [2.24, 2.45) is 7.05 Å². The second-order valence-corrected chi connectivity index (χ2v) is 9.34. The molecule has 0 aliphatic rings. The van der Waals surface area contributed by atoms with E-state index in [2.05, 4.69) is 30.4 Å². The first-order valence-electron chi connectivity index (χ1n) is 11.2. The van der Waals surface area contributed by atoms with Gasteiger partial charge in [-0.1, -0.05) is 5.16 Å². The molecular formula is C22H18F3N9O4S. The summed E-state index contributed by atoms with van der Waals surface area (Å²) in [6.07, 6.45) is -2.23. The highest BCUT2D eigenvalue weighted by molar-refractivity contribution is 7.13. The molecule has 0 fully saturated rings. The zero-order valence-electron chi connectivity index (χ0n) is 20.5. The highest BCUT2D eigenvalue weighted by Crippen LogP contribution is 2.33. The number of halogens is 3. The van der Waals surface area contributed by atoms with Crippen LogP contribution in [0.2, 0.25) is 0 Å². The molecule has 39 heavy (non-hydrogen) atoms. The molecule has 0 aromatic carbocycles. The molecule has 1 N–H and O–H groups in total. The number of thiazole rings is 1. The number of nitrogens with one attached hydrogen (secondary N) is 1. The fourth-order valence-electron chi connectivity index (χ4n) is 3.92. The summed E-state index contributed by atoms with van der Waals surface area (Å²) < 4.78 is 47.3. The summed E-state index contributed by atoms with van der Waals surface area (Å²) >= 11 is 1.11. The molecule has 0 saturated heterocycles. The van der Waals surface area contributed by atoms with Crippen LogP contribution in [0.4, 0.5) is 19.0 Å². The van der Waals surface area contributed by atoms with Crippen molar-refractivity contribution >= 4 is 34.2 Å². The second-order valence-electron chi connectivity index (χ2n) is 8.48. The van der Waals surface area contributed by atoms with Crippen molar-refractivity contribution in [3.63, 3.8) is 0 Å². The van der Waals surface area contributed by atoms with E-state index < -0.39 is 29.0 Å². The van der Waals surface area contributed by atoms with Gasteiger partial charge in [-0.15, -0.1) is 11.3 Å². The SMILES string of the molecule is Cc1nc(Cn2c(=O)c3c(ncn3CC(=O)Nc3csc(-c4cnc(C(F)(F)F)c(C)c4)n3)n(C)c2=O)no1. The summed E-state index contributed by atoms with van der Waals surface area (Å²) in [6, 6.07) is 1.32. The Bertz CT molecular complexity index is 1850. The molecule has 0 spiro atoms. The lowest BCUT2D eigenvalue weighted by atomic mass is 10.1. The predicted molar refractivity (Wildman–Crippen MR) is 131 cm³/mol. The van der Waals surface area contributed by atoms with Crippen molar-refractivity contribution in [3.05, 3.63) is 67.8 Å². The number of imidazole rings is 1. The molecule has 5 aromatic rings. The van der Waals surface area contributed by atoms with Gasteiger partial charge in [0.05, 0.1) is 12.9 Å². The Balaban J connectivity index is 1.37. The van der Waals surface area contributed by atoms with Crippen LogP contribution in [0.3, 0.4) is 0 Å². The van der Waals surface area contributed by atoms with Crippen LogP contribution < -0.4 is 16.6 Å². The molecule has 0 unspecified atom stereocenters. The molecule has 0 atom stereocenters. The molecule has 202 valence electrons. The number of rotatable bonds is 6. The number of fused-ring (bicyclic) bond motifs is 1. The Hall–Kier alpha value is -4.67. The molecule has 5 aromatic heterocycles. The molecule has 0 aliphatic carbocycles. The average molecular weight is 562 g/mol. The summed E-state index contributed by atoms with van der Waals surface area (Å²) in [6.45, 7) is 2.30. The second kappa shape index (κ2) is 9.57. The van der Waals surface area contributed by atoms with E-state index in [4.69, 9.17) is 4.52 Å². The van der Waals surface area contributed by atoms with E-state index in [0.717, 1.165) is 22.1 Å². The quantitative estimate of drug-likeness (QED) is 0.328. The molecule has 0 bridgehead atoms. The highest BCUT2D eigenvalue weighted by atomic mass is 32.1. The Morgan fingerprint density at radius 3 is 2.62 bits per heavy atom. The molecule has 0 aliphatic heterocycles. The number of amides is 1. The number of carbonyl (C=O) groups is 1. The number of hydrogen-bond donors (Lipinski definition) is 1. The van der Waals surface area contributed by atoms with Crippen molar-refractivity contribution in [2.75, 3.05) is 5.32 Å². The van der Waals surface area contributed by atoms with Crippen molar-refractivity contribution in [1.82, 2.24) is 38.8 Å². The standard InChI is InChI=1S/C22H18F3N9O4S/c1-10-4-12(5-26-17(10)22(23,24)25)19-30-14(8-39-19)29-15(35)7-33-9-27-18-16(33)20(36)34(21(37)32(18)3)6-13-28-11(2)38-31-13/h4-5,8-9H,6-7H2,1-3H3,(H,29,35). The summed E-state index contributed by atoms with van der Waals surface area (Å²) in [5.41, 5.74) is -1.91. The number of carbonyl (C=O) groups excluding carboxylic acids is 1. The zero-order valence-corrected chi connectivity index (χ0v) is 21.3. The molecule has 0 radical (unpaired) electrons. The van der Waals surface area contributed by atoms with Crippen LogP contribution in [-0.4, -0.2) is 44.7 Å². The van der Waals surface area contributed by atoms with Gasteiger partial charge in [-0.2, -0.15) is 18.2 Å². The third-order valence-corrected chi connectivity index (χ3v) is 6.54. The van der Waals surface area contributed by atoms with E-state index in [9.17, 15) is 27.6 Å². The largest absolute Gasteiger partial charge is 0.433 e. The first-order valence-corrected chi connectivity index (χ1v) is 12.0. The van der Waals surface area contributed by atoms with Crippen LogP contribution in [0, 0.1) is 13.8 Å². The molecule has 5 rings (SSSR count). The summed E-state index contributed by atoms with van der Waals surface area (Å²) in [4.78, 5) is 54.6. The first kappa shape index (κ1) is 26.0. The summed E-state index contributed by atoms with van der Waals surface area (Å²) in [7, 11) is 1.44. The Morgan fingerprint density at radius 2 is 1.95 bits per heavy atom. The van der Waals surface area contributed by atoms with Crippen LogP contribution in [0.15, 0.2) is 38.1 Å². The van der Waals surface area contributed by atoms with Gasteiger partial charge >= 0.3 is 11.9 Å². The number of nitrogens with zero attached hydrogens (tertiary/aromatic N) is 8. The van der Waals surface area contributed by atoms with E-state index in [1.54, 1.807) is 6.92 Å². The summed E-state index contributed by atoms with van der Waals surface area (Å²) in [5, 5.41) is 8.18. The molecule has 0 saturated carbocycles. The number of aryl methyl sites for hydroxylation is 3. The minimum atomic E-state index is -4.57. The maximum atomic E-state index is 13.2. The first-order chi connectivity index (χ1) is 18.4. The molecule has 1 amide bonds. The Morgan fingerprint density at radius 1 is 1.18 bits per heavy atom. The fraction of sp³-hybridized carbons (Fsp3) is 0.273. The Kier molecular flexibility index (Phi) is 6.37.